The minimum Gasteiger partial charge on any atom is -0.387 e. The van der Waals surface area contributed by atoms with Gasteiger partial charge in [-0.15, -0.1) is 0 Å². The Balaban J connectivity index is 2.76. The second-order valence-electron chi connectivity index (χ2n) is 5.46. The van der Waals surface area contributed by atoms with Crippen molar-refractivity contribution in [3.8, 4) is 0 Å². The van der Waals surface area contributed by atoms with Crippen LogP contribution in [0.3, 0.4) is 0 Å². The van der Waals surface area contributed by atoms with E-state index < -0.39 is 0 Å². The van der Waals surface area contributed by atoms with Crippen LogP contribution in [-0.2, 0) is 0 Å². The van der Waals surface area contributed by atoms with Gasteiger partial charge < -0.3 is 5.11 Å². The van der Waals surface area contributed by atoms with Crippen molar-refractivity contribution in [3.63, 3.8) is 0 Å². The summed E-state index contributed by atoms with van der Waals surface area (Å²) in [5.41, 5.74) is 3.49. The molecular weight excluding hydrogens is 222 g/mol. The number of benzene rings is 1. The number of aliphatic hydroxyl groups excluding tert-OH is 1. The smallest absolute Gasteiger partial charge is 0.0919 e. The van der Waals surface area contributed by atoms with Crippen molar-refractivity contribution in [1.29, 1.82) is 0 Å². The number of hydrogen-bond donors (Lipinski definition) is 1. The van der Waals surface area contributed by atoms with Crippen molar-refractivity contribution in [3.05, 3.63) is 34.9 Å². The van der Waals surface area contributed by atoms with Gasteiger partial charge in [0.15, 0.2) is 0 Å². The summed E-state index contributed by atoms with van der Waals surface area (Å²) in [6.45, 7) is 12.5. The first kappa shape index (κ1) is 15.2. The van der Waals surface area contributed by atoms with Crippen LogP contribution in [0.4, 0.5) is 0 Å². The Morgan fingerprint density at radius 2 is 1.89 bits per heavy atom. The molecule has 0 aliphatic carbocycles. The molecular formula is C16H27NO. The van der Waals surface area contributed by atoms with E-state index in [1.54, 1.807) is 0 Å². The molecule has 2 nitrogen and oxygen atoms in total. The fraction of sp³-hybridized carbons (Fsp3) is 0.625. The van der Waals surface area contributed by atoms with E-state index in [2.05, 4.69) is 57.7 Å². The molecule has 0 spiro atoms. The van der Waals surface area contributed by atoms with Gasteiger partial charge in [-0.05, 0) is 51.8 Å². The van der Waals surface area contributed by atoms with Crippen LogP contribution in [-0.4, -0.2) is 29.1 Å². The minimum atomic E-state index is -0.389. The van der Waals surface area contributed by atoms with Crippen LogP contribution in [0.5, 0.6) is 0 Å². The van der Waals surface area contributed by atoms with Crippen molar-refractivity contribution in [1.82, 2.24) is 4.90 Å². The summed E-state index contributed by atoms with van der Waals surface area (Å²) in [5.74, 6) is 0. The van der Waals surface area contributed by atoms with Gasteiger partial charge in [-0.1, -0.05) is 30.7 Å². The van der Waals surface area contributed by atoms with E-state index in [0.29, 0.717) is 6.04 Å². The SMILES string of the molecule is CCCN(CC(O)c1ccc(C)cc1C)C(C)C. The third-order valence-electron chi connectivity index (χ3n) is 3.43. The van der Waals surface area contributed by atoms with Gasteiger partial charge in [-0.25, -0.2) is 0 Å². The first-order valence-electron chi connectivity index (χ1n) is 6.95. The molecule has 0 aromatic heterocycles. The van der Waals surface area contributed by atoms with E-state index in [4.69, 9.17) is 0 Å². The molecule has 0 bridgehead atoms. The van der Waals surface area contributed by atoms with E-state index in [1.165, 1.54) is 11.1 Å². The normalized spacial score (nSPS) is 13.3. The highest BCUT2D eigenvalue weighted by molar-refractivity contribution is 5.32. The van der Waals surface area contributed by atoms with E-state index >= 15 is 0 Å². The first-order chi connectivity index (χ1) is 8.45. The molecule has 1 unspecified atom stereocenters. The lowest BCUT2D eigenvalue weighted by Gasteiger charge is -2.29. The zero-order valence-electron chi connectivity index (χ0n) is 12.4. The molecule has 0 fully saturated rings. The number of aliphatic hydroxyl groups is 1. The van der Waals surface area contributed by atoms with Crippen LogP contribution in [0, 0.1) is 13.8 Å². The van der Waals surface area contributed by atoms with Crippen LogP contribution in [0.15, 0.2) is 18.2 Å². The summed E-state index contributed by atoms with van der Waals surface area (Å²) < 4.78 is 0. The van der Waals surface area contributed by atoms with Crippen LogP contribution >= 0.6 is 0 Å². The van der Waals surface area contributed by atoms with Crippen LogP contribution < -0.4 is 0 Å². The largest absolute Gasteiger partial charge is 0.387 e. The van der Waals surface area contributed by atoms with Gasteiger partial charge in [0.1, 0.15) is 0 Å². The molecule has 0 saturated carbocycles. The van der Waals surface area contributed by atoms with Gasteiger partial charge in [0.2, 0.25) is 0 Å². The fourth-order valence-corrected chi connectivity index (χ4v) is 2.37. The summed E-state index contributed by atoms with van der Waals surface area (Å²) in [5, 5.41) is 10.4. The lowest BCUT2D eigenvalue weighted by atomic mass is 10.0. The van der Waals surface area contributed by atoms with Crippen molar-refractivity contribution >= 4 is 0 Å². The van der Waals surface area contributed by atoms with E-state index in [1.807, 2.05) is 0 Å². The lowest BCUT2D eigenvalue weighted by molar-refractivity contribution is 0.0951. The average Bonchev–Trinajstić information content (AvgIpc) is 2.27. The molecule has 0 heterocycles. The summed E-state index contributed by atoms with van der Waals surface area (Å²) in [4.78, 5) is 2.34. The minimum absolute atomic E-state index is 0.389. The maximum Gasteiger partial charge on any atom is 0.0919 e. The quantitative estimate of drug-likeness (QED) is 0.834. The van der Waals surface area contributed by atoms with Gasteiger partial charge in [-0.3, -0.25) is 4.90 Å². The van der Waals surface area contributed by atoms with Crippen molar-refractivity contribution in [2.75, 3.05) is 13.1 Å². The van der Waals surface area contributed by atoms with E-state index in [0.717, 1.165) is 25.1 Å². The average molecular weight is 249 g/mol. The zero-order valence-corrected chi connectivity index (χ0v) is 12.4. The summed E-state index contributed by atoms with van der Waals surface area (Å²) in [6.07, 6.45) is 0.733. The molecule has 0 aliphatic rings. The Kier molecular flexibility index (Phi) is 5.83. The Hall–Kier alpha value is -0.860. The van der Waals surface area contributed by atoms with Gasteiger partial charge in [0, 0.05) is 12.6 Å². The second kappa shape index (κ2) is 6.91. The van der Waals surface area contributed by atoms with Crippen LogP contribution in [0.2, 0.25) is 0 Å². The van der Waals surface area contributed by atoms with E-state index in [9.17, 15) is 5.11 Å². The highest BCUT2D eigenvalue weighted by Gasteiger charge is 2.16. The molecule has 18 heavy (non-hydrogen) atoms. The van der Waals surface area contributed by atoms with Crippen LogP contribution in [0.1, 0.15) is 50.0 Å². The Bertz CT molecular complexity index is 373. The molecule has 0 amide bonds. The molecule has 1 rings (SSSR count). The van der Waals surface area contributed by atoms with Gasteiger partial charge in [0.05, 0.1) is 6.10 Å². The maximum atomic E-state index is 10.4. The van der Waals surface area contributed by atoms with Crippen molar-refractivity contribution < 1.29 is 5.11 Å². The number of rotatable bonds is 6. The lowest BCUT2D eigenvalue weighted by Crippen LogP contribution is -2.35. The first-order valence-corrected chi connectivity index (χ1v) is 6.95. The molecule has 1 aromatic rings. The van der Waals surface area contributed by atoms with Crippen molar-refractivity contribution in [2.45, 2.75) is 53.2 Å². The van der Waals surface area contributed by atoms with E-state index in [-0.39, 0.29) is 6.10 Å². The maximum absolute atomic E-state index is 10.4. The van der Waals surface area contributed by atoms with Crippen LogP contribution in [0.25, 0.3) is 0 Å². The fourth-order valence-electron chi connectivity index (χ4n) is 2.37. The third-order valence-corrected chi connectivity index (χ3v) is 3.43. The Labute approximate surface area is 112 Å². The van der Waals surface area contributed by atoms with Gasteiger partial charge >= 0.3 is 0 Å². The number of hydrogen-bond acceptors (Lipinski definition) is 2. The molecule has 0 saturated heterocycles. The Morgan fingerprint density at radius 1 is 1.22 bits per heavy atom. The summed E-state index contributed by atoms with van der Waals surface area (Å²) in [7, 11) is 0. The van der Waals surface area contributed by atoms with Gasteiger partial charge in [-0.2, -0.15) is 0 Å². The predicted molar refractivity (Wildman–Crippen MR) is 77.9 cm³/mol. The summed E-state index contributed by atoms with van der Waals surface area (Å²) in [6, 6.07) is 6.74. The predicted octanol–water partition coefficient (Wildman–Crippen LogP) is 3.46. The highest BCUT2D eigenvalue weighted by Crippen LogP contribution is 2.20. The standard InChI is InChI=1S/C16H27NO/c1-6-9-17(12(2)3)11-16(18)15-8-7-13(4)10-14(15)5/h7-8,10,12,16,18H,6,9,11H2,1-5H3. The molecule has 1 aromatic carbocycles. The Morgan fingerprint density at radius 3 is 2.39 bits per heavy atom. The molecule has 0 aliphatic heterocycles. The summed E-state index contributed by atoms with van der Waals surface area (Å²) >= 11 is 0. The molecule has 1 atom stereocenters. The molecule has 1 N–H and O–H groups in total. The monoisotopic (exact) mass is 249 g/mol. The topological polar surface area (TPSA) is 23.5 Å². The third kappa shape index (κ3) is 4.11. The number of nitrogens with zero attached hydrogens (tertiary/aromatic N) is 1. The molecule has 102 valence electrons. The highest BCUT2D eigenvalue weighted by atomic mass is 16.3. The zero-order chi connectivity index (χ0) is 13.7. The molecule has 2 heteroatoms. The second-order valence-corrected chi connectivity index (χ2v) is 5.46. The molecule has 0 radical (unpaired) electrons. The van der Waals surface area contributed by atoms with Gasteiger partial charge in [0.25, 0.3) is 0 Å². The number of aryl methyl sites for hydroxylation is 2. The van der Waals surface area contributed by atoms with Crippen molar-refractivity contribution in [2.24, 2.45) is 0 Å².